The number of carbonyl (C=O) groups is 1. The van der Waals surface area contributed by atoms with E-state index in [1.165, 1.54) is 5.56 Å². The highest BCUT2D eigenvalue weighted by atomic mass is 16.1. The zero-order valence-electron chi connectivity index (χ0n) is 8.50. The number of ketones is 1. The minimum Gasteiger partial charge on any atom is -0.294 e. The average Bonchev–Trinajstić information content (AvgIpc) is 2.16. The van der Waals surface area contributed by atoms with E-state index in [0.717, 1.165) is 12.0 Å². The van der Waals surface area contributed by atoms with E-state index in [9.17, 15) is 4.79 Å². The highest BCUT2D eigenvalue weighted by molar-refractivity contribution is 5.97. The largest absolute Gasteiger partial charge is 0.294 e. The molecule has 0 amide bonds. The summed E-state index contributed by atoms with van der Waals surface area (Å²) in [6.07, 6.45) is 0.985. The maximum absolute atomic E-state index is 11.6. The first-order valence-corrected chi connectivity index (χ1v) is 4.78. The van der Waals surface area contributed by atoms with Crippen LogP contribution in [0.15, 0.2) is 24.3 Å². The lowest BCUT2D eigenvalue weighted by Crippen LogP contribution is -2.07. The van der Waals surface area contributed by atoms with Crippen LogP contribution >= 0.6 is 0 Å². The third kappa shape index (κ3) is 2.41. The van der Waals surface area contributed by atoms with Gasteiger partial charge in [-0.1, -0.05) is 39.0 Å². The molecular formula is C12H16O. The standard InChI is InChI=1S/C12H16O/c1-4-10-6-5-7-11(8-10)12(13)9(2)3/h5-9H,4H2,1-3H3. The molecule has 1 rings (SSSR count). The van der Waals surface area contributed by atoms with E-state index in [2.05, 4.69) is 13.0 Å². The van der Waals surface area contributed by atoms with E-state index in [1.807, 2.05) is 32.0 Å². The third-order valence-corrected chi connectivity index (χ3v) is 2.14. The number of hydrogen-bond acceptors (Lipinski definition) is 1. The van der Waals surface area contributed by atoms with E-state index in [1.54, 1.807) is 0 Å². The Bertz CT molecular complexity index is 300. The molecule has 0 aromatic heterocycles. The Balaban J connectivity index is 2.95. The number of aryl methyl sites for hydroxylation is 1. The molecule has 13 heavy (non-hydrogen) atoms. The second-order valence-electron chi connectivity index (χ2n) is 3.57. The Kier molecular flexibility index (Phi) is 3.24. The molecule has 0 atom stereocenters. The topological polar surface area (TPSA) is 17.1 Å². The molecule has 1 heteroatoms. The van der Waals surface area contributed by atoms with Gasteiger partial charge in [0.05, 0.1) is 0 Å². The van der Waals surface area contributed by atoms with Crippen molar-refractivity contribution in [3.63, 3.8) is 0 Å². The van der Waals surface area contributed by atoms with Crippen LogP contribution in [0.4, 0.5) is 0 Å². The van der Waals surface area contributed by atoms with Crippen molar-refractivity contribution in [3.05, 3.63) is 35.4 Å². The number of rotatable bonds is 3. The summed E-state index contributed by atoms with van der Waals surface area (Å²) in [6.45, 7) is 5.96. The lowest BCUT2D eigenvalue weighted by molar-refractivity contribution is 0.0939. The van der Waals surface area contributed by atoms with Crippen LogP contribution in [0.5, 0.6) is 0 Å². The predicted octanol–water partition coefficient (Wildman–Crippen LogP) is 3.09. The van der Waals surface area contributed by atoms with Crippen LogP contribution in [0.3, 0.4) is 0 Å². The quantitative estimate of drug-likeness (QED) is 0.647. The molecule has 0 fully saturated rings. The molecule has 0 unspecified atom stereocenters. The minimum atomic E-state index is 0.0899. The van der Waals surface area contributed by atoms with Gasteiger partial charge in [-0.05, 0) is 18.1 Å². The summed E-state index contributed by atoms with van der Waals surface area (Å²) < 4.78 is 0. The number of benzene rings is 1. The predicted molar refractivity (Wildman–Crippen MR) is 55.0 cm³/mol. The maximum Gasteiger partial charge on any atom is 0.165 e. The van der Waals surface area contributed by atoms with Crippen molar-refractivity contribution in [2.24, 2.45) is 5.92 Å². The summed E-state index contributed by atoms with van der Waals surface area (Å²) in [5.41, 5.74) is 2.07. The second kappa shape index (κ2) is 4.22. The maximum atomic E-state index is 11.6. The normalized spacial score (nSPS) is 10.5. The SMILES string of the molecule is CCc1cccc(C(=O)C(C)C)c1. The van der Waals surface area contributed by atoms with Crippen LogP contribution in [0, 0.1) is 5.92 Å². The third-order valence-electron chi connectivity index (χ3n) is 2.14. The molecule has 1 aromatic rings. The van der Waals surface area contributed by atoms with Crippen LogP contribution in [-0.4, -0.2) is 5.78 Å². The van der Waals surface area contributed by atoms with Crippen molar-refractivity contribution in [1.29, 1.82) is 0 Å². The molecule has 0 radical (unpaired) electrons. The van der Waals surface area contributed by atoms with Crippen molar-refractivity contribution in [1.82, 2.24) is 0 Å². The lowest BCUT2D eigenvalue weighted by atomic mass is 9.99. The first kappa shape index (κ1) is 9.97. The van der Waals surface area contributed by atoms with Gasteiger partial charge < -0.3 is 0 Å². The van der Waals surface area contributed by atoms with Gasteiger partial charge in [-0.15, -0.1) is 0 Å². The molecule has 0 aliphatic heterocycles. The Morgan fingerprint density at radius 2 is 2.08 bits per heavy atom. The van der Waals surface area contributed by atoms with Gasteiger partial charge in [0.25, 0.3) is 0 Å². The van der Waals surface area contributed by atoms with Crippen molar-refractivity contribution in [2.45, 2.75) is 27.2 Å². The zero-order valence-corrected chi connectivity index (χ0v) is 8.50. The number of carbonyl (C=O) groups excluding carboxylic acids is 1. The lowest BCUT2D eigenvalue weighted by Gasteiger charge is -2.05. The van der Waals surface area contributed by atoms with Crippen molar-refractivity contribution < 1.29 is 4.79 Å². The monoisotopic (exact) mass is 176 g/mol. The van der Waals surface area contributed by atoms with E-state index in [0.29, 0.717) is 0 Å². The fourth-order valence-corrected chi connectivity index (χ4v) is 1.28. The van der Waals surface area contributed by atoms with Gasteiger partial charge >= 0.3 is 0 Å². The Labute approximate surface area is 79.8 Å². The Morgan fingerprint density at radius 1 is 1.38 bits per heavy atom. The van der Waals surface area contributed by atoms with E-state index in [-0.39, 0.29) is 11.7 Å². The van der Waals surface area contributed by atoms with Crippen molar-refractivity contribution in [2.75, 3.05) is 0 Å². The smallest absolute Gasteiger partial charge is 0.165 e. The van der Waals surface area contributed by atoms with Gasteiger partial charge in [0, 0.05) is 11.5 Å². The summed E-state index contributed by atoms with van der Waals surface area (Å²) in [5, 5.41) is 0. The summed E-state index contributed by atoms with van der Waals surface area (Å²) in [7, 11) is 0. The van der Waals surface area contributed by atoms with Gasteiger partial charge in [-0.25, -0.2) is 0 Å². The molecule has 0 saturated heterocycles. The molecule has 0 aliphatic rings. The molecule has 0 saturated carbocycles. The van der Waals surface area contributed by atoms with Crippen LogP contribution in [0.1, 0.15) is 36.7 Å². The fraction of sp³-hybridized carbons (Fsp3) is 0.417. The van der Waals surface area contributed by atoms with Gasteiger partial charge in [-0.2, -0.15) is 0 Å². The second-order valence-corrected chi connectivity index (χ2v) is 3.57. The van der Waals surface area contributed by atoms with Crippen LogP contribution in [0.25, 0.3) is 0 Å². The van der Waals surface area contributed by atoms with Gasteiger partial charge in [0.2, 0.25) is 0 Å². The van der Waals surface area contributed by atoms with E-state index < -0.39 is 0 Å². The number of hydrogen-bond donors (Lipinski definition) is 0. The van der Waals surface area contributed by atoms with Crippen LogP contribution in [0.2, 0.25) is 0 Å². The molecule has 70 valence electrons. The van der Waals surface area contributed by atoms with Gasteiger partial charge in [0.15, 0.2) is 5.78 Å². The molecule has 0 N–H and O–H groups in total. The molecule has 0 spiro atoms. The highest BCUT2D eigenvalue weighted by Gasteiger charge is 2.09. The zero-order chi connectivity index (χ0) is 9.84. The Hall–Kier alpha value is -1.11. The van der Waals surface area contributed by atoms with Crippen LogP contribution < -0.4 is 0 Å². The summed E-state index contributed by atoms with van der Waals surface area (Å²) >= 11 is 0. The van der Waals surface area contributed by atoms with Crippen LogP contribution in [-0.2, 0) is 6.42 Å². The molecule has 1 nitrogen and oxygen atoms in total. The molecule has 0 bridgehead atoms. The average molecular weight is 176 g/mol. The molecule has 0 aliphatic carbocycles. The minimum absolute atomic E-state index is 0.0899. The Morgan fingerprint density at radius 3 is 2.62 bits per heavy atom. The van der Waals surface area contributed by atoms with E-state index in [4.69, 9.17) is 0 Å². The van der Waals surface area contributed by atoms with Crippen molar-refractivity contribution >= 4 is 5.78 Å². The van der Waals surface area contributed by atoms with E-state index >= 15 is 0 Å². The highest BCUT2D eigenvalue weighted by Crippen LogP contribution is 2.10. The van der Waals surface area contributed by atoms with Crippen molar-refractivity contribution in [3.8, 4) is 0 Å². The van der Waals surface area contributed by atoms with Gasteiger partial charge in [0.1, 0.15) is 0 Å². The summed E-state index contributed by atoms with van der Waals surface area (Å²) in [6, 6.07) is 7.88. The molecule has 1 aromatic carbocycles. The fourth-order valence-electron chi connectivity index (χ4n) is 1.28. The van der Waals surface area contributed by atoms with Gasteiger partial charge in [-0.3, -0.25) is 4.79 Å². The first-order valence-electron chi connectivity index (χ1n) is 4.78. The summed E-state index contributed by atoms with van der Waals surface area (Å²) in [5.74, 6) is 0.322. The molecular weight excluding hydrogens is 160 g/mol. The summed E-state index contributed by atoms with van der Waals surface area (Å²) in [4.78, 5) is 11.6. The number of Topliss-reactive ketones (excluding diaryl/α,β-unsaturated/α-hetero) is 1. The first-order chi connectivity index (χ1) is 6.15. The molecule has 0 heterocycles.